The van der Waals surface area contributed by atoms with Gasteiger partial charge in [0.2, 0.25) is 10.0 Å². The third kappa shape index (κ3) is 3.44. The second-order valence-electron chi connectivity index (χ2n) is 5.41. The number of piperidine rings is 1. The topological polar surface area (TPSA) is 66.1 Å². The first-order valence-corrected chi connectivity index (χ1v) is 10.0. The number of nitrogens with zero attached hydrogens (tertiary/aromatic N) is 2. The minimum atomic E-state index is -3.75. The van der Waals surface area contributed by atoms with E-state index in [4.69, 9.17) is 23.2 Å². The largest absolute Gasteiger partial charge is 0.282 e. The molecule has 1 N–H and O–H groups in total. The van der Waals surface area contributed by atoms with Gasteiger partial charge in [-0.1, -0.05) is 39.1 Å². The predicted octanol–water partition coefficient (Wildman–Crippen LogP) is 4.05. The van der Waals surface area contributed by atoms with Crippen LogP contribution in [-0.2, 0) is 10.0 Å². The summed E-state index contributed by atoms with van der Waals surface area (Å²) in [5.74, 6) is 0.0917. The van der Waals surface area contributed by atoms with Crippen molar-refractivity contribution in [1.82, 2.24) is 14.5 Å². The molecular weight excluding hydrogens is 425 g/mol. The highest BCUT2D eigenvalue weighted by molar-refractivity contribution is 9.10. The van der Waals surface area contributed by atoms with E-state index in [9.17, 15) is 8.42 Å². The molecule has 0 radical (unpaired) electrons. The summed E-state index contributed by atoms with van der Waals surface area (Å²) < 4.78 is 28.0. The van der Waals surface area contributed by atoms with Crippen molar-refractivity contribution in [2.45, 2.75) is 23.7 Å². The molecule has 3 rings (SSSR count). The molecule has 0 spiro atoms. The van der Waals surface area contributed by atoms with Crippen molar-refractivity contribution in [3.63, 3.8) is 0 Å². The molecule has 1 aromatic heterocycles. The highest BCUT2D eigenvalue weighted by Crippen LogP contribution is 2.37. The molecule has 1 atom stereocenters. The minimum Gasteiger partial charge on any atom is -0.282 e. The van der Waals surface area contributed by atoms with Gasteiger partial charge >= 0.3 is 0 Å². The number of nitrogens with one attached hydrogen (secondary N) is 1. The SMILES string of the molecule is O=S(=O)(c1c(Cl)cc(Br)cc1Cl)N1CCCC(c2ccn[nH]2)C1. The van der Waals surface area contributed by atoms with Gasteiger partial charge in [-0.2, -0.15) is 9.40 Å². The Kier molecular flexibility index (Phi) is 5.04. The Labute approximate surface area is 153 Å². The zero-order valence-corrected chi connectivity index (χ0v) is 15.9. The monoisotopic (exact) mass is 437 g/mol. The van der Waals surface area contributed by atoms with Crippen LogP contribution in [0.2, 0.25) is 10.0 Å². The Morgan fingerprint density at radius 1 is 1.30 bits per heavy atom. The average molecular weight is 439 g/mol. The van der Waals surface area contributed by atoms with Crippen LogP contribution in [0.3, 0.4) is 0 Å². The van der Waals surface area contributed by atoms with Crippen molar-refractivity contribution in [3.05, 3.63) is 44.6 Å². The summed E-state index contributed by atoms with van der Waals surface area (Å²) in [6.07, 6.45) is 3.36. The van der Waals surface area contributed by atoms with Gasteiger partial charge < -0.3 is 0 Å². The summed E-state index contributed by atoms with van der Waals surface area (Å²) in [5, 5.41) is 7.10. The lowest BCUT2D eigenvalue weighted by molar-refractivity contribution is 0.312. The van der Waals surface area contributed by atoms with Crippen molar-refractivity contribution in [2.24, 2.45) is 0 Å². The summed E-state index contributed by atoms with van der Waals surface area (Å²) in [7, 11) is -3.75. The molecule has 0 bridgehead atoms. The molecule has 23 heavy (non-hydrogen) atoms. The first-order chi connectivity index (χ1) is 10.9. The minimum absolute atomic E-state index is 0.0331. The van der Waals surface area contributed by atoms with Crippen LogP contribution in [0.25, 0.3) is 0 Å². The third-order valence-corrected chi connectivity index (χ3v) is 7.15. The summed E-state index contributed by atoms with van der Waals surface area (Å²) in [6, 6.07) is 4.95. The lowest BCUT2D eigenvalue weighted by Gasteiger charge is -2.31. The van der Waals surface area contributed by atoms with Crippen LogP contribution >= 0.6 is 39.1 Å². The second-order valence-corrected chi connectivity index (χ2v) is 9.02. The van der Waals surface area contributed by atoms with Crippen LogP contribution in [0.15, 0.2) is 33.8 Å². The molecule has 1 saturated heterocycles. The molecule has 1 fully saturated rings. The smallest absolute Gasteiger partial charge is 0.246 e. The van der Waals surface area contributed by atoms with Gasteiger partial charge in [0, 0.05) is 35.4 Å². The zero-order valence-electron chi connectivity index (χ0n) is 12.0. The fraction of sp³-hybridized carbons (Fsp3) is 0.357. The highest BCUT2D eigenvalue weighted by atomic mass is 79.9. The lowest BCUT2D eigenvalue weighted by atomic mass is 9.96. The van der Waals surface area contributed by atoms with E-state index in [0.29, 0.717) is 17.6 Å². The number of hydrogen-bond acceptors (Lipinski definition) is 3. The normalized spacial score (nSPS) is 19.9. The maximum absolute atomic E-state index is 13.0. The predicted molar refractivity (Wildman–Crippen MR) is 93.5 cm³/mol. The third-order valence-electron chi connectivity index (χ3n) is 3.91. The van der Waals surface area contributed by atoms with Gasteiger partial charge in [-0.25, -0.2) is 8.42 Å². The van der Waals surface area contributed by atoms with E-state index >= 15 is 0 Å². The van der Waals surface area contributed by atoms with Gasteiger partial charge in [0.05, 0.1) is 10.0 Å². The van der Waals surface area contributed by atoms with E-state index in [-0.39, 0.29) is 20.9 Å². The molecular formula is C14H14BrCl2N3O2S. The van der Waals surface area contributed by atoms with E-state index in [2.05, 4.69) is 26.1 Å². The van der Waals surface area contributed by atoms with Crippen LogP contribution < -0.4 is 0 Å². The lowest BCUT2D eigenvalue weighted by Crippen LogP contribution is -2.39. The molecule has 1 unspecified atom stereocenters. The number of H-pyrrole nitrogens is 1. The summed E-state index contributed by atoms with van der Waals surface area (Å²) in [5.41, 5.74) is 0.943. The van der Waals surface area contributed by atoms with E-state index in [1.165, 1.54) is 16.4 Å². The molecule has 124 valence electrons. The number of aromatic amines is 1. The van der Waals surface area contributed by atoms with Crippen molar-refractivity contribution in [1.29, 1.82) is 0 Å². The summed E-state index contributed by atoms with van der Waals surface area (Å²) in [4.78, 5) is -0.0331. The van der Waals surface area contributed by atoms with Crippen LogP contribution in [0.5, 0.6) is 0 Å². The van der Waals surface area contributed by atoms with Crippen molar-refractivity contribution < 1.29 is 8.42 Å². The van der Waals surface area contributed by atoms with E-state index in [1.54, 1.807) is 6.20 Å². The molecule has 1 aliphatic rings. The molecule has 2 heterocycles. The molecule has 0 aliphatic carbocycles. The Hall–Kier alpha value is -0.600. The van der Waals surface area contributed by atoms with Gasteiger partial charge in [-0.15, -0.1) is 0 Å². The van der Waals surface area contributed by atoms with Gasteiger partial charge in [0.15, 0.2) is 0 Å². The van der Waals surface area contributed by atoms with E-state index < -0.39 is 10.0 Å². The number of halogens is 3. The van der Waals surface area contributed by atoms with Crippen molar-refractivity contribution in [2.75, 3.05) is 13.1 Å². The highest BCUT2D eigenvalue weighted by Gasteiger charge is 2.34. The Morgan fingerprint density at radius 2 is 2.00 bits per heavy atom. The Balaban J connectivity index is 1.94. The first kappa shape index (κ1) is 17.2. The van der Waals surface area contributed by atoms with Crippen LogP contribution in [0, 0.1) is 0 Å². The fourth-order valence-corrected chi connectivity index (χ4v) is 6.22. The Morgan fingerprint density at radius 3 is 2.61 bits per heavy atom. The number of aromatic nitrogens is 2. The van der Waals surface area contributed by atoms with Crippen LogP contribution in [-0.4, -0.2) is 36.0 Å². The van der Waals surface area contributed by atoms with Crippen LogP contribution in [0.4, 0.5) is 0 Å². The number of benzene rings is 1. The zero-order chi connectivity index (χ0) is 16.6. The van der Waals surface area contributed by atoms with Crippen LogP contribution in [0.1, 0.15) is 24.5 Å². The van der Waals surface area contributed by atoms with Gasteiger partial charge in [-0.3, -0.25) is 5.10 Å². The van der Waals surface area contributed by atoms with Gasteiger partial charge in [-0.05, 0) is 31.0 Å². The number of rotatable bonds is 3. The molecule has 5 nitrogen and oxygen atoms in total. The molecule has 9 heteroatoms. The number of hydrogen-bond donors (Lipinski definition) is 1. The quantitative estimate of drug-likeness (QED) is 0.785. The standard InChI is InChI=1S/C14H14BrCl2N3O2S/c15-10-6-11(16)14(12(17)7-10)23(21,22)20-5-1-2-9(8-20)13-3-4-18-19-13/h3-4,6-7,9H,1-2,5,8H2,(H,18,19). The molecule has 2 aromatic rings. The number of sulfonamides is 1. The van der Waals surface area contributed by atoms with E-state index in [0.717, 1.165) is 18.5 Å². The van der Waals surface area contributed by atoms with Gasteiger partial charge in [0.1, 0.15) is 4.90 Å². The maximum atomic E-state index is 13.0. The average Bonchev–Trinajstić information content (AvgIpc) is 3.00. The van der Waals surface area contributed by atoms with Crippen molar-refractivity contribution in [3.8, 4) is 0 Å². The summed E-state index contributed by atoms with van der Waals surface area (Å²) in [6.45, 7) is 0.836. The first-order valence-electron chi connectivity index (χ1n) is 7.03. The van der Waals surface area contributed by atoms with Crippen molar-refractivity contribution >= 4 is 49.2 Å². The molecule has 0 saturated carbocycles. The van der Waals surface area contributed by atoms with Gasteiger partial charge in [0.25, 0.3) is 0 Å². The summed E-state index contributed by atoms with van der Waals surface area (Å²) >= 11 is 15.5. The van der Waals surface area contributed by atoms with E-state index in [1.807, 2.05) is 6.07 Å². The molecule has 0 amide bonds. The second kappa shape index (κ2) is 6.72. The Bertz CT molecular complexity index is 788. The molecule has 1 aliphatic heterocycles. The maximum Gasteiger partial charge on any atom is 0.246 e. The molecule has 1 aromatic carbocycles. The fourth-order valence-electron chi connectivity index (χ4n) is 2.81.